The summed E-state index contributed by atoms with van der Waals surface area (Å²) in [4.78, 5) is 0. The van der Waals surface area contributed by atoms with Gasteiger partial charge in [0.05, 0.1) is 5.56 Å². The van der Waals surface area contributed by atoms with Gasteiger partial charge in [0.2, 0.25) is 0 Å². The first-order chi connectivity index (χ1) is 6.45. The van der Waals surface area contributed by atoms with E-state index in [-0.39, 0.29) is 5.02 Å². The molecule has 0 aliphatic heterocycles. The van der Waals surface area contributed by atoms with E-state index < -0.39 is 11.7 Å². The summed E-state index contributed by atoms with van der Waals surface area (Å²) in [6.07, 6.45) is -3.20. The van der Waals surface area contributed by atoms with E-state index in [4.69, 9.17) is 11.6 Å². The molecule has 0 saturated heterocycles. The van der Waals surface area contributed by atoms with Crippen LogP contribution < -0.4 is 0 Å². The fourth-order valence-corrected chi connectivity index (χ4v) is 1.47. The lowest BCUT2D eigenvalue weighted by molar-refractivity contribution is -0.138. The quantitative estimate of drug-likeness (QED) is 0.700. The summed E-state index contributed by atoms with van der Waals surface area (Å²) in [7, 11) is 0. The van der Waals surface area contributed by atoms with Crippen molar-refractivity contribution < 1.29 is 13.2 Å². The minimum atomic E-state index is -4.31. The van der Waals surface area contributed by atoms with Crippen LogP contribution in [0.3, 0.4) is 0 Å². The lowest BCUT2D eigenvalue weighted by Crippen LogP contribution is -2.09. The summed E-state index contributed by atoms with van der Waals surface area (Å²) in [5.74, 6) is 0. The van der Waals surface area contributed by atoms with Crippen LogP contribution in [0.4, 0.5) is 13.2 Å². The van der Waals surface area contributed by atoms with Gasteiger partial charge in [0.15, 0.2) is 0 Å². The third kappa shape index (κ3) is 2.64. The van der Waals surface area contributed by atoms with Gasteiger partial charge in [0, 0.05) is 5.02 Å². The van der Waals surface area contributed by atoms with Crippen LogP contribution in [0.2, 0.25) is 5.02 Å². The van der Waals surface area contributed by atoms with Crippen molar-refractivity contribution in [2.75, 3.05) is 0 Å². The lowest BCUT2D eigenvalue weighted by atomic mass is 10.0. The summed E-state index contributed by atoms with van der Waals surface area (Å²) >= 11 is 5.52. The van der Waals surface area contributed by atoms with Gasteiger partial charge in [-0.15, -0.1) is 0 Å². The van der Waals surface area contributed by atoms with E-state index in [1.807, 2.05) is 6.92 Å². The third-order valence-corrected chi connectivity index (χ3v) is 2.13. The molecule has 1 rings (SSSR count). The first kappa shape index (κ1) is 11.4. The molecule has 78 valence electrons. The van der Waals surface area contributed by atoms with Crippen LogP contribution in [-0.4, -0.2) is 0 Å². The zero-order valence-corrected chi connectivity index (χ0v) is 8.41. The van der Waals surface area contributed by atoms with Crippen molar-refractivity contribution >= 4 is 11.6 Å². The van der Waals surface area contributed by atoms with E-state index in [0.29, 0.717) is 18.4 Å². The van der Waals surface area contributed by atoms with E-state index in [2.05, 4.69) is 0 Å². The predicted octanol–water partition coefficient (Wildman–Crippen LogP) is 4.31. The Bertz CT molecular complexity index is 318. The van der Waals surface area contributed by atoms with Crippen molar-refractivity contribution in [3.8, 4) is 0 Å². The summed E-state index contributed by atoms with van der Waals surface area (Å²) in [5, 5.41) is 0.122. The number of halogens is 4. The Morgan fingerprint density at radius 1 is 1.29 bits per heavy atom. The molecule has 1 aromatic carbocycles. The van der Waals surface area contributed by atoms with E-state index in [9.17, 15) is 13.2 Å². The molecule has 0 bridgehead atoms. The van der Waals surface area contributed by atoms with Crippen LogP contribution in [0.15, 0.2) is 18.2 Å². The molecule has 4 heteroatoms. The number of hydrogen-bond acceptors (Lipinski definition) is 0. The average Bonchev–Trinajstić information content (AvgIpc) is 2.07. The van der Waals surface area contributed by atoms with E-state index in [0.717, 1.165) is 6.07 Å². The molecule has 0 unspecified atom stereocenters. The number of rotatable bonds is 2. The number of alkyl halides is 3. The maximum Gasteiger partial charge on any atom is 0.416 e. The van der Waals surface area contributed by atoms with Gasteiger partial charge in [-0.25, -0.2) is 0 Å². The molecule has 0 aliphatic rings. The fourth-order valence-electron chi connectivity index (χ4n) is 1.30. The molecule has 0 spiro atoms. The van der Waals surface area contributed by atoms with Gasteiger partial charge in [0.25, 0.3) is 0 Å². The van der Waals surface area contributed by atoms with Crippen molar-refractivity contribution in [1.82, 2.24) is 0 Å². The highest BCUT2D eigenvalue weighted by atomic mass is 35.5. The van der Waals surface area contributed by atoms with E-state index >= 15 is 0 Å². The van der Waals surface area contributed by atoms with Gasteiger partial charge in [-0.05, 0) is 24.1 Å². The molecule has 0 fully saturated rings. The Labute approximate surface area is 85.7 Å². The van der Waals surface area contributed by atoms with Gasteiger partial charge in [-0.3, -0.25) is 0 Å². The minimum Gasteiger partial charge on any atom is -0.166 e. The second-order valence-corrected chi connectivity index (χ2v) is 3.49. The topological polar surface area (TPSA) is 0 Å². The molecule has 0 nitrogen and oxygen atoms in total. The van der Waals surface area contributed by atoms with Crippen LogP contribution in [-0.2, 0) is 12.6 Å². The molecule has 0 atom stereocenters. The van der Waals surface area contributed by atoms with Crippen LogP contribution in [0, 0.1) is 0 Å². The SMILES string of the molecule is CCCc1ccc(Cl)cc1C(F)(F)F. The third-order valence-electron chi connectivity index (χ3n) is 1.90. The Morgan fingerprint density at radius 3 is 2.43 bits per heavy atom. The van der Waals surface area contributed by atoms with Gasteiger partial charge in [0.1, 0.15) is 0 Å². The smallest absolute Gasteiger partial charge is 0.166 e. The maximum absolute atomic E-state index is 12.5. The average molecular weight is 223 g/mol. The summed E-state index contributed by atoms with van der Waals surface area (Å²) < 4.78 is 37.5. The molecule has 0 aliphatic carbocycles. The Hall–Kier alpha value is -0.700. The van der Waals surface area contributed by atoms with Crippen molar-refractivity contribution in [2.24, 2.45) is 0 Å². The van der Waals surface area contributed by atoms with Crippen molar-refractivity contribution in [3.05, 3.63) is 34.3 Å². The zero-order chi connectivity index (χ0) is 10.8. The molecular formula is C10H10ClF3. The molecule has 0 radical (unpaired) electrons. The second-order valence-electron chi connectivity index (χ2n) is 3.05. The first-order valence-electron chi connectivity index (χ1n) is 4.30. The molecule has 1 aromatic rings. The van der Waals surface area contributed by atoms with Crippen molar-refractivity contribution in [3.63, 3.8) is 0 Å². The van der Waals surface area contributed by atoms with Crippen molar-refractivity contribution in [2.45, 2.75) is 25.9 Å². The monoisotopic (exact) mass is 222 g/mol. The molecule has 0 heterocycles. The van der Waals surface area contributed by atoms with Crippen LogP contribution in [0.5, 0.6) is 0 Å². The Morgan fingerprint density at radius 2 is 1.93 bits per heavy atom. The van der Waals surface area contributed by atoms with Crippen LogP contribution >= 0.6 is 11.6 Å². The molecule has 0 aromatic heterocycles. The highest BCUT2D eigenvalue weighted by molar-refractivity contribution is 6.30. The Balaban J connectivity index is 3.16. The largest absolute Gasteiger partial charge is 0.416 e. The second kappa shape index (κ2) is 4.22. The molecule has 0 N–H and O–H groups in total. The van der Waals surface area contributed by atoms with Gasteiger partial charge >= 0.3 is 6.18 Å². The predicted molar refractivity (Wildman–Crippen MR) is 50.4 cm³/mol. The highest BCUT2D eigenvalue weighted by Crippen LogP contribution is 2.34. The summed E-state index contributed by atoms with van der Waals surface area (Å²) in [5.41, 5.74) is -0.309. The molecule has 0 amide bonds. The standard InChI is InChI=1S/C10H10ClF3/c1-2-3-7-4-5-8(11)6-9(7)10(12,13)14/h4-6H,2-3H2,1H3. The number of hydrogen-bond donors (Lipinski definition) is 0. The van der Waals surface area contributed by atoms with Gasteiger partial charge in [-0.2, -0.15) is 13.2 Å². The molecule has 0 saturated carbocycles. The van der Waals surface area contributed by atoms with Crippen molar-refractivity contribution in [1.29, 1.82) is 0 Å². The number of benzene rings is 1. The van der Waals surface area contributed by atoms with Crippen LogP contribution in [0.1, 0.15) is 24.5 Å². The summed E-state index contributed by atoms with van der Waals surface area (Å²) in [6.45, 7) is 1.84. The highest BCUT2D eigenvalue weighted by Gasteiger charge is 2.33. The maximum atomic E-state index is 12.5. The minimum absolute atomic E-state index is 0.122. The van der Waals surface area contributed by atoms with Crippen LogP contribution in [0.25, 0.3) is 0 Å². The van der Waals surface area contributed by atoms with Gasteiger partial charge < -0.3 is 0 Å². The Kier molecular flexibility index (Phi) is 3.43. The normalized spacial score (nSPS) is 11.8. The number of aryl methyl sites for hydroxylation is 1. The first-order valence-corrected chi connectivity index (χ1v) is 4.68. The van der Waals surface area contributed by atoms with Gasteiger partial charge in [-0.1, -0.05) is 31.0 Å². The fraction of sp³-hybridized carbons (Fsp3) is 0.400. The van der Waals surface area contributed by atoms with E-state index in [1.165, 1.54) is 12.1 Å². The van der Waals surface area contributed by atoms with E-state index in [1.54, 1.807) is 0 Å². The molecule has 14 heavy (non-hydrogen) atoms. The lowest BCUT2D eigenvalue weighted by Gasteiger charge is -2.12. The zero-order valence-electron chi connectivity index (χ0n) is 7.66. The summed E-state index contributed by atoms with van der Waals surface area (Å²) in [6, 6.07) is 3.91. The molecular weight excluding hydrogens is 213 g/mol.